The first kappa shape index (κ1) is 9.04. The van der Waals surface area contributed by atoms with Crippen LogP contribution in [-0.4, -0.2) is 11.6 Å². The van der Waals surface area contributed by atoms with Crippen LogP contribution in [0.4, 0.5) is 0 Å². The van der Waals surface area contributed by atoms with E-state index >= 15 is 0 Å². The van der Waals surface area contributed by atoms with Gasteiger partial charge in [-0.1, -0.05) is 6.92 Å². The zero-order valence-corrected chi connectivity index (χ0v) is 8.34. The molecule has 0 bridgehead atoms. The second kappa shape index (κ2) is 3.32. The first-order valence-electron chi connectivity index (χ1n) is 5.42. The van der Waals surface area contributed by atoms with E-state index in [2.05, 4.69) is 6.92 Å². The minimum atomic E-state index is -0.0398. The highest BCUT2D eigenvalue weighted by Gasteiger charge is 2.39. The molecule has 1 saturated heterocycles. The van der Waals surface area contributed by atoms with Crippen molar-refractivity contribution in [1.82, 2.24) is 0 Å². The van der Waals surface area contributed by atoms with E-state index in [9.17, 15) is 4.79 Å². The van der Waals surface area contributed by atoms with Crippen LogP contribution in [0.15, 0.2) is 0 Å². The Morgan fingerprint density at radius 2 is 2.00 bits per heavy atom. The second-order valence-corrected chi connectivity index (χ2v) is 4.69. The molecule has 0 amide bonds. The van der Waals surface area contributed by atoms with Crippen LogP contribution in [0, 0.1) is 5.92 Å². The fourth-order valence-corrected chi connectivity index (χ4v) is 2.54. The van der Waals surface area contributed by atoms with E-state index < -0.39 is 0 Å². The molecule has 2 fully saturated rings. The van der Waals surface area contributed by atoms with Gasteiger partial charge in [0.2, 0.25) is 0 Å². The molecule has 0 aromatic rings. The quantitative estimate of drug-likeness (QED) is 0.538. The summed E-state index contributed by atoms with van der Waals surface area (Å²) in [6.45, 7) is 2.29. The van der Waals surface area contributed by atoms with Crippen molar-refractivity contribution < 1.29 is 9.53 Å². The van der Waals surface area contributed by atoms with E-state index in [-0.39, 0.29) is 11.6 Å². The molecule has 0 unspecified atom stereocenters. The van der Waals surface area contributed by atoms with Crippen molar-refractivity contribution in [3.05, 3.63) is 0 Å². The summed E-state index contributed by atoms with van der Waals surface area (Å²) in [5.74, 6) is 0.854. The standard InChI is InChI=1S/C11H18O2/c1-9-4-7-11(8-5-9)6-2-3-10(12)13-11/h9H,2-8H2,1H3. The Morgan fingerprint density at radius 3 is 2.62 bits per heavy atom. The number of hydrogen-bond donors (Lipinski definition) is 0. The summed E-state index contributed by atoms with van der Waals surface area (Å²) in [4.78, 5) is 11.2. The molecular formula is C11H18O2. The summed E-state index contributed by atoms with van der Waals surface area (Å²) in [5, 5.41) is 0. The number of rotatable bonds is 0. The molecule has 1 aliphatic heterocycles. The van der Waals surface area contributed by atoms with Crippen molar-refractivity contribution in [2.75, 3.05) is 0 Å². The van der Waals surface area contributed by atoms with Gasteiger partial charge >= 0.3 is 5.97 Å². The summed E-state index contributed by atoms with van der Waals surface area (Å²) >= 11 is 0. The molecular weight excluding hydrogens is 164 g/mol. The van der Waals surface area contributed by atoms with Crippen molar-refractivity contribution in [1.29, 1.82) is 0 Å². The first-order chi connectivity index (χ1) is 6.20. The molecule has 1 heterocycles. The first-order valence-corrected chi connectivity index (χ1v) is 5.42. The summed E-state index contributed by atoms with van der Waals surface area (Å²) in [7, 11) is 0. The van der Waals surface area contributed by atoms with E-state index in [4.69, 9.17) is 4.74 Å². The molecule has 2 nitrogen and oxygen atoms in total. The van der Waals surface area contributed by atoms with Gasteiger partial charge in [0.15, 0.2) is 0 Å². The van der Waals surface area contributed by atoms with Gasteiger partial charge in [0.25, 0.3) is 0 Å². The highest BCUT2D eigenvalue weighted by Crippen LogP contribution is 2.40. The van der Waals surface area contributed by atoms with Crippen molar-refractivity contribution in [2.24, 2.45) is 5.92 Å². The molecule has 0 radical (unpaired) electrons. The SMILES string of the molecule is CC1CCC2(CCCC(=O)O2)CC1. The Labute approximate surface area is 79.7 Å². The van der Waals surface area contributed by atoms with Crippen LogP contribution in [-0.2, 0) is 9.53 Å². The summed E-state index contributed by atoms with van der Waals surface area (Å²) in [6, 6.07) is 0. The fraction of sp³-hybridized carbons (Fsp3) is 0.909. The maximum atomic E-state index is 11.2. The molecule has 2 heteroatoms. The Balaban J connectivity index is 1.99. The van der Waals surface area contributed by atoms with E-state index in [0.29, 0.717) is 6.42 Å². The van der Waals surface area contributed by atoms with Crippen LogP contribution in [0.25, 0.3) is 0 Å². The van der Waals surface area contributed by atoms with Gasteiger partial charge in [0, 0.05) is 6.42 Å². The van der Waals surface area contributed by atoms with Crippen LogP contribution in [0.5, 0.6) is 0 Å². The Bertz CT molecular complexity index is 202. The lowest BCUT2D eigenvalue weighted by molar-refractivity contribution is -0.172. The summed E-state index contributed by atoms with van der Waals surface area (Å²) < 4.78 is 5.52. The molecule has 74 valence electrons. The van der Waals surface area contributed by atoms with Crippen molar-refractivity contribution in [2.45, 2.75) is 57.5 Å². The lowest BCUT2D eigenvalue weighted by Crippen LogP contribution is -2.41. The van der Waals surface area contributed by atoms with Gasteiger partial charge in [-0.05, 0) is 44.4 Å². The van der Waals surface area contributed by atoms with Crippen LogP contribution < -0.4 is 0 Å². The molecule has 2 aliphatic rings. The van der Waals surface area contributed by atoms with Gasteiger partial charge in [-0.2, -0.15) is 0 Å². The van der Waals surface area contributed by atoms with Crippen LogP contribution in [0.1, 0.15) is 51.9 Å². The van der Waals surface area contributed by atoms with E-state index in [1.165, 1.54) is 12.8 Å². The molecule has 0 N–H and O–H groups in total. The normalized spacial score (nSPS) is 40.4. The predicted octanol–water partition coefficient (Wildman–Crippen LogP) is 2.66. The Morgan fingerprint density at radius 1 is 1.31 bits per heavy atom. The minimum Gasteiger partial charge on any atom is -0.459 e. The minimum absolute atomic E-state index is 0.0285. The number of ether oxygens (including phenoxy) is 1. The molecule has 1 aliphatic carbocycles. The van der Waals surface area contributed by atoms with Gasteiger partial charge in [0.1, 0.15) is 5.60 Å². The lowest BCUT2D eigenvalue weighted by atomic mass is 9.76. The number of hydrogen-bond acceptors (Lipinski definition) is 2. The molecule has 13 heavy (non-hydrogen) atoms. The van der Waals surface area contributed by atoms with Gasteiger partial charge in [-0.15, -0.1) is 0 Å². The molecule has 2 rings (SSSR count). The monoisotopic (exact) mass is 182 g/mol. The smallest absolute Gasteiger partial charge is 0.306 e. The van der Waals surface area contributed by atoms with E-state index in [1.54, 1.807) is 0 Å². The third-order valence-corrected chi connectivity index (χ3v) is 3.53. The Hall–Kier alpha value is -0.530. The van der Waals surface area contributed by atoms with Crippen molar-refractivity contribution >= 4 is 5.97 Å². The molecule has 1 spiro atoms. The van der Waals surface area contributed by atoms with Crippen molar-refractivity contribution in [3.63, 3.8) is 0 Å². The van der Waals surface area contributed by atoms with Gasteiger partial charge in [-0.3, -0.25) is 4.79 Å². The predicted molar refractivity (Wildman–Crippen MR) is 50.3 cm³/mol. The molecule has 0 atom stereocenters. The lowest BCUT2D eigenvalue weighted by Gasteiger charge is -2.41. The summed E-state index contributed by atoms with van der Waals surface area (Å²) in [6.07, 6.45) is 7.43. The van der Waals surface area contributed by atoms with Crippen LogP contribution >= 0.6 is 0 Å². The average molecular weight is 182 g/mol. The van der Waals surface area contributed by atoms with Gasteiger partial charge in [0.05, 0.1) is 0 Å². The van der Waals surface area contributed by atoms with Crippen LogP contribution in [0.3, 0.4) is 0 Å². The maximum Gasteiger partial charge on any atom is 0.306 e. The third-order valence-electron chi connectivity index (χ3n) is 3.53. The largest absolute Gasteiger partial charge is 0.459 e. The zero-order valence-electron chi connectivity index (χ0n) is 8.34. The van der Waals surface area contributed by atoms with Gasteiger partial charge < -0.3 is 4.74 Å². The van der Waals surface area contributed by atoms with E-state index in [1.807, 2.05) is 0 Å². The van der Waals surface area contributed by atoms with E-state index in [0.717, 1.165) is 31.6 Å². The molecule has 0 aromatic carbocycles. The average Bonchev–Trinajstić information content (AvgIpc) is 2.11. The highest BCUT2D eigenvalue weighted by atomic mass is 16.6. The maximum absolute atomic E-state index is 11.2. The zero-order chi connectivity index (χ0) is 9.31. The number of esters is 1. The van der Waals surface area contributed by atoms with Crippen molar-refractivity contribution in [3.8, 4) is 0 Å². The molecule has 0 aromatic heterocycles. The Kier molecular flexibility index (Phi) is 2.31. The second-order valence-electron chi connectivity index (χ2n) is 4.69. The van der Waals surface area contributed by atoms with Gasteiger partial charge in [-0.25, -0.2) is 0 Å². The highest BCUT2D eigenvalue weighted by molar-refractivity contribution is 5.70. The summed E-state index contributed by atoms with van der Waals surface area (Å²) in [5.41, 5.74) is -0.0398. The van der Waals surface area contributed by atoms with Crippen LogP contribution in [0.2, 0.25) is 0 Å². The third kappa shape index (κ3) is 1.87. The topological polar surface area (TPSA) is 26.3 Å². The number of carbonyl (C=O) groups excluding carboxylic acids is 1. The number of carbonyl (C=O) groups is 1. The molecule has 1 saturated carbocycles. The fourth-order valence-electron chi connectivity index (χ4n) is 2.54.